The summed E-state index contributed by atoms with van der Waals surface area (Å²) in [6.45, 7) is 0. The van der Waals surface area contributed by atoms with Gasteiger partial charge in [-0.25, -0.2) is 4.79 Å². The average molecular weight is 340 g/mol. The number of rotatable bonds is 4. The van der Waals surface area contributed by atoms with Crippen molar-refractivity contribution in [2.24, 2.45) is 0 Å². The Hall–Kier alpha value is -2.85. The van der Waals surface area contributed by atoms with Crippen LogP contribution in [0.1, 0.15) is 10.4 Å². The maximum atomic E-state index is 11.4. The van der Waals surface area contributed by atoms with E-state index in [1.165, 1.54) is 13.3 Å². The summed E-state index contributed by atoms with van der Waals surface area (Å²) in [6, 6.07) is 18.2. The number of ether oxygens (including phenoxy) is 2. The van der Waals surface area contributed by atoms with Gasteiger partial charge in [0.1, 0.15) is 11.5 Å². The smallest absolute Gasteiger partial charge is 0.339 e. The molecule has 2 aromatic carbocycles. The van der Waals surface area contributed by atoms with Crippen molar-refractivity contribution in [3.63, 3.8) is 0 Å². The average Bonchev–Trinajstić information content (AvgIpc) is 2.64. The summed E-state index contributed by atoms with van der Waals surface area (Å²) in [4.78, 5) is 15.7. The third-order valence-corrected chi connectivity index (χ3v) is 3.64. The second kappa shape index (κ2) is 7.15. The van der Waals surface area contributed by atoms with Gasteiger partial charge in [0, 0.05) is 16.8 Å². The predicted octanol–water partition coefficient (Wildman–Crippen LogP) is 4.98. The second-order valence-corrected chi connectivity index (χ2v) is 5.44. The first-order chi connectivity index (χ1) is 11.7. The van der Waals surface area contributed by atoms with E-state index < -0.39 is 5.97 Å². The first-order valence-corrected chi connectivity index (χ1v) is 7.62. The van der Waals surface area contributed by atoms with Crippen LogP contribution in [0.25, 0.3) is 11.3 Å². The van der Waals surface area contributed by atoms with Crippen LogP contribution >= 0.6 is 11.6 Å². The van der Waals surface area contributed by atoms with E-state index in [-0.39, 0.29) is 0 Å². The van der Waals surface area contributed by atoms with Gasteiger partial charge in [-0.3, -0.25) is 4.98 Å². The SMILES string of the molecule is COC(=O)c1ccc(-c2ccc(Oc3ccc(Cl)cc3)cc2)nc1. The zero-order valence-corrected chi connectivity index (χ0v) is 13.7. The van der Waals surface area contributed by atoms with E-state index in [1.807, 2.05) is 36.4 Å². The molecule has 0 spiro atoms. The quantitative estimate of drug-likeness (QED) is 0.629. The summed E-state index contributed by atoms with van der Waals surface area (Å²) in [7, 11) is 1.34. The minimum atomic E-state index is -0.402. The molecule has 24 heavy (non-hydrogen) atoms. The zero-order chi connectivity index (χ0) is 16.9. The molecule has 0 radical (unpaired) electrons. The number of carbonyl (C=O) groups excluding carboxylic acids is 1. The number of carbonyl (C=O) groups is 1. The summed E-state index contributed by atoms with van der Waals surface area (Å²) in [6.07, 6.45) is 1.50. The van der Waals surface area contributed by atoms with Gasteiger partial charge in [-0.15, -0.1) is 0 Å². The fourth-order valence-electron chi connectivity index (χ4n) is 2.14. The van der Waals surface area contributed by atoms with Gasteiger partial charge in [-0.05, 0) is 60.7 Å². The predicted molar refractivity (Wildman–Crippen MR) is 92.5 cm³/mol. The zero-order valence-electron chi connectivity index (χ0n) is 12.9. The normalized spacial score (nSPS) is 10.2. The van der Waals surface area contributed by atoms with Gasteiger partial charge in [0.2, 0.25) is 0 Å². The van der Waals surface area contributed by atoms with Crippen LogP contribution in [0.15, 0.2) is 66.9 Å². The molecule has 0 bridgehead atoms. The van der Waals surface area contributed by atoms with Crippen LogP contribution in [-0.4, -0.2) is 18.1 Å². The largest absolute Gasteiger partial charge is 0.465 e. The number of benzene rings is 2. The molecular weight excluding hydrogens is 326 g/mol. The van der Waals surface area contributed by atoms with Crippen LogP contribution < -0.4 is 4.74 Å². The summed E-state index contributed by atoms with van der Waals surface area (Å²) in [5.41, 5.74) is 2.11. The Labute approximate surface area is 144 Å². The van der Waals surface area contributed by atoms with Crippen molar-refractivity contribution < 1.29 is 14.3 Å². The standard InChI is InChI=1S/C19H14ClNO3/c1-23-19(22)14-4-11-18(21-12-14)13-2-7-16(8-3-13)24-17-9-5-15(20)6-10-17/h2-12H,1H3. The topological polar surface area (TPSA) is 48.4 Å². The van der Waals surface area contributed by atoms with Gasteiger partial charge in [-0.2, -0.15) is 0 Å². The Morgan fingerprint density at radius 1 is 0.917 bits per heavy atom. The number of pyridine rings is 1. The minimum Gasteiger partial charge on any atom is -0.465 e. The highest BCUT2D eigenvalue weighted by Crippen LogP contribution is 2.26. The van der Waals surface area contributed by atoms with Crippen molar-refractivity contribution in [3.8, 4) is 22.8 Å². The molecule has 4 nitrogen and oxygen atoms in total. The van der Waals surface area contributed by atoms with Crippen LogP contribution in [0.4, 0.5) is 0 Å². The molecule has 1 heterocycles. The molecule has 0 aliphatic heterocycles. The minimum absolute atomic E-state index is 0.402. The van der Waals surface area contributed by atoms with Crippen molar-refractivity contribution >= 4 is 17.6 Å². The van der Waals surface area contributed by atoms with Crippen LogP contribution in [0.3, 0.4) is 0 Å². The number of halogens is 1. The number of aromatic nitrogens is 1. The summed E-state index contributed by atoms with van der Waals surface area (Å²) >= 11 is 5.85. The Morgan fingerprint density at radius 2 is 1.54 bits per heavy atom. The summed E-state index contributed by atoms with van der Waals surface area (Å²) in [5, 5.41) is 0.666. The Morgan fingerprint density at radius 3 is 2.08 bits per heavy atom. The Balaban J connectivity index is 1.74. The molecule has 5 heteroatoms. The van der Waals surface area contributed by atoms with E-state index in [4.69, 9.17) is 16.3 Å². The molecule has 0 amide bonds. The highest BCUT2D eigenvalue weighted by atomic mass is 35.5. The van der Waals surface area contributed by atoms with Crippen molar-refractivity contribution in [1.29, 1.82) is 0 Å². The van der Waals surface area contributed by atoms with Crippen molar-refractivity contribution in [2.45, 2.75) is 0 Å². The molecule has 0 atom stereocenters. The number of hydrogen-bond donors (Lipinski definition) is 0. The maximum absolute atomic E-state index is 11.4. The second-order valence-electron chi connectivity index (χ2n) is 5.00. The van der Waals surface area contributed by atoms with Crippen LogP contribution in [-0.2, 0) is 4.74 Å². The number of esters is 1. The number of hydrogen-bond acceptors (Lipinski definition) is 4. The van der Waals surface area contributed by atoms with Crippen LogP contribution in [0.2, 0.25) is 5.02 Å². The molecule has 0 saturated heterocycles. The monoisotopic (exact) mass is 339 g/mol. The van der Waals surface area contributed by atoms with Crippen molar-refractivity contribution in [2.75, 3.05) is 7.11 Å². The molecule has 3 aromatic rings. The van der Waals surface area contributed by atoms with E-state index in [1.54, 1.807) is 24.3 Å². The van der Waals surface area contributed by atoms with Gasteiger partial charge in [0.05, 0.1) is 18.4 Å². The lowest BCUT2D eigenvalue weighted by molar-refractivity contribution is 0.0600. The van der Waals surface area contributed by atoms with Crippen molar-refractivity contribution in [1.82, 2.24) is 4.98 Å². The summed E-state index contributed by atoms with van der Waals surface area (Å²) < 4.78 is 10.4. The van der Waals surface area contributed by atoms with E-state index in [0.29, 0.717) is 22.1 Å². The molecule has 0 aliphatic rings. The Bertz CT molecular complexity index is 828. The number of nitrogens with zero attached hydrogens (tertiary/aromatic N) is 1. The molecule has 1 aromatic heterocycles. The van der Waals surface area contributed by atoms with E-state index >= 15 is 0 Å². The molecule has 0 N–H and O–H groups in total. The maximum Gasteiger partial charge on any atom is 0.339 e. The molecule has 0 aliphatic carbocycles. The fourth-order valence-corrected chi connectivity index (χ4v) is 2.26. The van der Waals surface area contributed by atoms with E-state index in [9.17, 15) is 4.79 Å². The highest BCUT2D eigenvalue weighted by molar-refractivity contribution is 6.30. The van der Waals surface area contributed by atoms with Gasteiger partial charge in [-0.1, -0.05) is 11.6 Å². The van der Waals surface area contributed by atoms with E-state index in [2.05, 4.69) is 9.72 Å². The molecule has 3 rings (SSSR count). The van der Waals surface area contributed by atoms with Gasteiger partial charge in [0.15, 0.2) is 0 Å². The molecule has 0 saturated carbocycles. The number of methoxy groups -OCH3 is 1. The lowest BCUT2D eigenvalue weighted by atomic mass is 10.1. The molecule has 120 valence electrons. The highest BCUT2D eigenvalue weighted by Gasteiger charge is 2.07. The Kier molecular flexibility index (Phi) is 4.77. The molecule has 0 unspecified atom stereocenters. The van der Waals surface area contributed by atoms with Gasteiger partial charge < -0.3 is 9.47 Å². The van der Waals surface area contributed by atoms with Gasteiger partial charge in [0.25, 0.3) is 0 Å². The van der Waals surface area contributed by atoms with E-state index in [0.717, 1.165) is 11.3 Å². The van der Waals surface area contributed by atoms with Crippen LogP contribution in [0, 0.1) is 0 Å². The third kappa shape index (κ3) is 3.73. The fraction of sp³-hybridized carbons (Fsp3) is 0.0526. The first-order valence-electron chi connectivity index (χ1n) is 7.24. The molecular formula is C19H14ClNO3. The van der Waals surface area contributed by atoms with Crippen molar-refractivity contribution in [3.05, 3.63) is 77.4 Å². The van der Waals surface area contributed by atoms with Gasteiger partial charge >= 0.3 is 5.97 Å². The molecule has 0 fully saturated rings. The third-order valence-electron chi connectivity index (χ3n) is 3.38. The summed E-state index contributed by atoms with van der Waals surface area (Å²) in [5.74, 6) is 1.03. The van der Waals surface area contributed by atoms with Crippen LogP contribution in [0.5, 0.6) is 11.5 Å². The lowest BCUT2D eigenvalue weighted by Crippen LogP contribution is -2.01. The first kappa shape index (κ1) is 16.0. The lowest BCUT2D eigenvalue weighted by Gasteiger charge is -2.07.